The fourth-order valence-corrected chi connectivity index (χ4v) is 1.57. The maximum absolute atomic E-state index is 12.9. The minimum Gasteiger partial charge on any atom is -0.437 e. The number of hydrogen-bond acceptors (Lipinski definition) is 4. The number of halogens is 3. The predicted octanol–water partition coefficient (Wildman–Crippen LogP) is 4.18. The Balaban J connectivity index is 2.37. The summed E-state index contributed by atoms with van der Waals surface area (Å²) in [5, 5.41) is 8.86. The van der Waals surface area contributed by atoms with Crippen molar-refractivity contribution in [2.24, 2.45) is 5.18 Å². The van der Waals surface area contributed by atoms with Gasteiger partial charge in [-0.15, -0.1) is 10.0 Å². The number of H-pyrrole nitrogens is 1. The molecule has 2 rings (SSSR count). The average molecular weight is 285 g/mol. The lowest BCUT2D eigenvalue weighted by atomic mass is 10.1. The van der Waals surface area contributed by atoms with Crippen LogP contribution in [0.25, 0.3) is 0 Å². The van der Waals surface area contributed by atoms with Crippen molar-refractivity contribution in [2.45, 2.75) is 19.5 Å². The van der Waals surface area contributed by atoms with Gasteiger partial charge in [-0.2, -0.15) is 13.2 Å². The van der Waals surface area contributed by atoms with E-state index in [1.54, 1.807) is 0 Å². The zero-order chi connectivity index (χ0) is 14.8. The van der Waals surface area contributed by atoms with Crippen molar-refractivity contribution in [3.63, 3.8) is 0 Å². The lowest BCUT2D eigenvalue weighted by molar-refractivity contribution is -0.138. The lowest BCUT2D eigenvalue weighted by Gasteiger charge is -2.12. The first-order chi connectivity index (χ1) is 9.44. The van der Waals surface area contributed by atoms with Crippen LogP contribution in [0.3, 0.4) is 0 Å². The van der Waals surface area contributed by atoms with E-state index in [4.69, 9.17) is 4.74 Å². The van der Waals surface area contributed by atoms with Crippen molar-refractivity contribution in [3.05, 3.63) is 40.4 Å². The summed E-state index contributed by atoms with van der Waals surface area (Å²) in [6, 6.07) is 4.33. The monoisotopic (exact) mass is 285 g/mol. The van der Waals surface area contributed by atoms with Crippen LogP contribution in [-0.4, -0.2) is 10.2 Å². The van der Waals surface area contributed by atoms with Gasteiger partial charge in [-0.1, -0.05) is 6.92 Å². The first-order valence-corrected chi connectivity index (χ1v) is 5.70. The molecule has 1 aromatic heterocycles. The first kappa shape index (κ1) is 14.0. The van der Waals surface area contributed by atoms with E-state index in [0.717, 1.165) is 17.8 Å². The molecular formula is C12H10F3N3O2. The highest BCUT2D eigenvalue weighted by atomic mass is 19.4. The molecule has 8 heteroatoms. The van der Waals surface area contributed by atoms with Gasteiger partial charge in [0, 0.05) is 11.8 Å². The van der Waals surface area contributed by atoms with Crippen LogP contribution in [0.1, 0.15) is 18.2 Å². The second-order valence-corrected chi connectivity index (χ2v) is 3.96. The van der Waals surface area contributed by atoms with Gasteiger partial charge in [0.15, 0.2) is 0 Å². The van der Waals surface area contributed by atoms with E-state index in [9.17, 15) is 18.1 Å². The zero-order valence-corrected chi connectivity index (χ0v) is 10.4. The zero-order valence-electron chi connectivity index (χ0n) is 10.4. The first-order valence-electron chi connectivity index (χ1n) is 5.70. The van der Waals surface area contributed by atoms with E-state index in [0.29, 0.717) is 12.5 Å². The van der Waals surface area contributed by atoms with Gasteiger partial charge < -0.3 is 4.74 Å². The average Bonchev–Trinajstić information content (AvgIpc) is 2.85. The Morgan fingerprint density at radius 3 is 2.65 bits per heavy atom. The van der Waals surface area contributed by atoms with Crippen LogP contribution >= 0.6 is 0 Å². The molecule has 20 heavy (non-hydrogen) atoms. The largest absolute Gasteiger partial charge is 0.437 e. The molecule has 0 spiro atoms. The molecule has 1 aromatic carbocycles. The predicted molar refractivity (Wildman–Crippen MR) is 64.9 cm³/mol. The number of nitrogens with one attached hydrogen (secondary N) is 1. The lowest BCUT2D eigenvalue weighted by Crippen LogP contribution is -2.07. The number of aryl methyl sites for hydroxylation is 1. The van der Waals surface area contributed by atoms with Gasteiger partial charge in [0.1, 0.15) is 17.0 Å². The summed E-state index contributed by atoms with van der Waals surface area (Å²) >= 11 is 0. The van der Waals surface area contributed by atoms with Crippen LogP contribution in [-0.2, 0) is 12.6 Å². The topological polar surface area (TPSA) is 67.3 Å². The van der Waals surface area contributed by atoms with E-state index in [2.05, 4.69) is 15.4 Å². The number of alkyl halides is 3. The summed E-state index contributed by atoms with van der Waals surface area (Å²) in [6.45, 7) is 1.86. The van der Waals surface area contributed by atoms with E-state index in [1.807, 2.05) is 6.92 Å². The van der Waals surface area contributed by atoms with E-state index in [1.165, 1.54) is 6.07 Å². The summed E-state index contributed by atoms with van der Waals surface area (Å²) in [5.41, 5.74) is -0.656. The minimum atomic E-state index is -4.65. The molecule has 0 saturated carbocycles. The highest BCUT2D eigenvalue weighted by Gasteiger charge is 2.35. The van der Waals surface area contributed by atoms with Gasteiger partial charge in [-0.3, -0.25) is 5.10 Å². The van der Waals surface area contributed by atoms with Gasteiger partial charge in [-0.05, 0) is 29.8 Å². The van der Waals surface area contributed by atoms with Crippen LogP contribution in [0.4, 0.5) is 18.9 Å². The summed E-state index contributed by atoms with van der Waals surface area (Å²) in [7, 11) is 0. The van der Waals surface area contributed by atoms with E-state index in [-0.39, 0.29) is 11.6 Å². The Bertz CT molecular complexity index is 623. The molecule has 0 bridgehead atoms. The normalized spacial score (nSPS) is 11.4. The van der Waals surface area contributed by atoms with Crippen LogP contribution in [0.5, 0.6) is 11.6 Å². The third-order valence-electron chi connectivity index (χ3n) is 2.58. The molecule has 0 radical (unpaired) electrons. The second kappa shape index (κ2) is 5.32. The van der Waals surface area contributed by atoms with Crippen LogP contribution in [0, 0.1) is 4.91 Å². The third kappa shape index (κ3) is 2.95. The van der Waals surface area contributed by atoms with Crippen molar-refractivity contribution in [2.75, 3.05) is 0 Å². The molecule has 0 amide bonds. The van der Waals surface area contributed by atoms with E-state index >= 15 is 0 Å². The maximum Gasteiger partial charge on any atom is 0.420 e. The Morgan fingerprint density at radius 2 is 2.10 bits per heavy atom. The molecule has 0 saturated heterocycles. The van der Waals surface area contributed by atoms with Crippen molar-refractivity contribution in [1.29, 1.82) is 0 Å². The van der Waals surface area contributed by atoms with Crippen molar-refractivity contribution < 1.29 is 17.9 Å². The van der Waals surface area contributed by atoms with Gasteiger partial charge in [0.05, 0.1) is 0 Å². The molecule has 0 aliphatic carbocycles. The van der Waals surface area contributed by atoms with Crippen molar-refractivity contribution in [3.8, 4) is 11.6 Å². The van der Waals surface area contributed by atoms with Gasteiger partial charge >= 0.3 is 6.18 Å². The number of aromatic amines is 1. The van der Waals surface area contributed by atoms with Crippen LogP contribution in [0.15, 0.2) is 29.4 Å². The molecule has 1 N–H and O–H groups in total. The molecule has 0 fully saturated rings. The number of nitroso groups, excluding NO2 is 1. The summed E-state index contributed by atoms with van der Waals surface area (Å²) in [5.74, 6) is -0.404. The molecule has 0 aliphatic rings. The molecule has 2 aromatic rings. The summed E-state index contributed by atoms with van der Waals surface area (Å²) < 4.78 is 43.8. The molecule has 106 valence electrons. The Kier molecular flexibility index (Phi) is 3.73. The second-order valence-electron chi connectivity index (χ2n) is 3.96. The van der Waals surface area contributed by atoms with Crippen molar-refractivity contribution in [1.82, 2.24) is 10.2 Å². The van der Waals surface area contributed by atoms with Gasteiger partial charge in [0.25, 0.3) is 0 Å². The number of rotatable bonds is 4. The highest BCUT2D eigenvalue weighted by Crippen LogP contribution is 2.39. The molecule has 0 unspecified atom stereocenters. The third-order valence-corrected chi connectivity index (χ3v) is 2.58. The van der Waals surface area contributed by atoms with E-state index < -0.39 is 17.5 Å². The fourth-order valence-electron chi connectivity index (χ4n) is 1.57. The molecular weight excluding hydrogens is 275 g/mol. The standard InChI is InChI=1S/C12H10F3N3O2/c1-2-7-6-11(17-16-7)20-10-4-3-8(18-19)5-9(10)12(13,14)15/h3-6H,2H2,1H3,(H,16,17). The molecule has 0 atom stereocenters. The number of nitrogens with zero attached hydrogens (tertiary/aromatic N) is 2. The maximum atomic E-state index is 12.9. The van der Waals surface area contributed by atoms with Gasteiger partial charge in [-0.25, -0.2) is 0 Å². The molecule has 1 heterocycles. The quantitative estimate of drug-likeness (QED) is 0.857. The number of benzene rings is 1. The summed E-state index contributed by atoms with van der Waals surface area (Å²) in [4.78, 5) is 10.3. The van der Waals surface area contributed by atoms with Crippen molar-refractivity contribution >= 4 is 5.69 Å². The SMILES string of the molecule is CCc1cc(Oc2ccc(N=O)cc2C(F)(F)F)n[nH]1. The number of aromatic nitrogens is 2. The Labute approximate surface area is 111 Å². The highest BCUT2D eigenvalue weighted by molar-refractivity contribution is 5.49. The number of hydrogen-bond donors (Lipinski definition) is 1. The van der Waals surface area contributed by atoms with Crippen LogP contribution in [0.2, 0.25) is 0 Å². The fraction of sp³-hybridized carbons (Fsp3) is 0.250. The number of ether oxygens (including phenoxy) is 1. The Morgan fingerprint density at radius 1 is 1.35 bits per heavy atom. The van der Waals surface area contributed by atoms with Crippen LogP contribution < -0.4 is 4.74 Å². The smallest absolute Gasteiger partial charge is 0.420 e. The summed E-state index contributed by atoms with van der Waals surface area (Å²) in [6.07, 6.45) is -4.00. The van der Waals surface area contributed by atoms with Gasteiger partial charge in [0.2, 0.25) is 5.88 Å². The molecule has 0 aliphatic heterocycles. The molecule has 5 nitrogen and oxygen atoms in total. The minimum absolute atomic E-state index is 0.0270. The Hall–Kier alpha value is -2.38.